The number of hydrogen-bond donors (Lipinski definition) is 1. The fraction of sp³-hybridized carbons (Fsp3) is 0.0227. The minimum atomic E-state index is 0.791. The first-order chi connectivity index (χ1) is 24.8. The number of nitrogens with one attached hydrogen (secondary N) is 1. The summed E-state index contributed by atoms with van der Waals surface area (Å²) in [6.45, 7) is 0.791. The van der Waals surface area contributed by atoms with Gasteiger partial charge in [0.2, 0.25) is 0 Å². The van der Waals surface area contributed by atoms with Gasteiger partial charge in [0, 0.05) is 69.0 Å². The number of pyridine rings is 3. The fourth-order valence-corrected chi connectivity index (χ4v) is 7.42. The molecule has 0 amide bonds. The van der Waals surface area contributed by atoms with Gasteiger partial charge in [-0.15, -0.1) is 0 Å². The number of para-hydroxylation sites is 2. The molecule has 6 heteroatoms. The largest absolute Gasteiger partial charge is 0.385 e. The second-order valence-corrected chi connectivity index (χ2v) is 12.6. The number of benzene rings is 4. The van der Waals surface area contributed by atoms with E-state index in [9.17, 15) is 0 Å². The Morgan fingerprint density at radius 1 is 0.500 bits per heavy atom. The van der Waals surface area contributed by atoms with E-state index >= 15 is 0 Å². The Bertz CT molecular complexity index is 2680. The van der Waals surface area contributed by atoms with Gasteiger partial charge in [0.25, 0.3) is 0 Å². The summed E-state index contributed by atoms with van der Waals surface area (Å²) in [4.78, 5) is 14.0. The molecule has 1 aliphatic rings. The summed E-state index contributed by atoms with van der Waals surface area (Å²) in [6, 6.07) is 44.9. The molecule has 9 aromatic rings. The van der Waals surface area contributed by atoms with Crippen LogP contribution in [0, 0.1) is 0 Å². The number of rotatable bonds is 5. The van der Waals surface area contributed by atoms with Gasteiger partial charge in [-0.25, -0.2) is 0 Å². The third-order valence-corrected chi connectivity index (χ3v) is 9.81. The Kier molecular flexibility index (Phi) is 6.45. The SMILES string of the molecule is C1=Cc2c(n(-c3cccc(-c4ccc(-c5ccc(-c6ccc(-n7c8ccccc8c8cnccc87)cc6)cn5)nc4)c3)c3ccccc23)CN1. The van der Waals surface area contributed by atoms with Crippen LogP contribution < -0.4 is 5.32 Å². The molecular formula is C44H30N6. The molecule has 0 unspecified atom stereocenters. The quantitative estimate of drug-likeness (QED) is 0.203. The van der Waals surface area contributed by atoms with Crippen LogP contribution in [0.2, 0.25) is 0 Å². The van der Waals surface area contributed by atoms with Crippen LogP contribution in [0.3, 0.4) is 0 Å². The van der Waals surface area contributed by atoms with Gasteiger partial charge in [0.15, 0.2) is 0 Å². The van der Waals surface area contributed by atoms with E-state index in [-0.39, 0.29) is 0 Å². The Labute approximate surface area is 288 Å². The van der Waals surface area contributed by atoms with E-state index < -0.39 is 0 Å². The summed E-state index contributed by atoms with van der Waals surface area (Å²) in [5.41, 5.74) is 14.4. The molecule has 6 heterocycles. The standard InChI is InChI=1S/C44H30N6/c1-3-10-41-35(8-1)37-20-22-46-28-44(37)50(41)34-7-5-6-30(24-34)32-15-19-40(48-26-32)39-18-14-31(25-47-39)29-12-16-33(17-13-29)49-42-11-4-2-9-36(42)38-27-45-23-21-43(38)49/h1-27,46H,28H2. The Morgan fingerprint density at radius 2 is 1.18 bits per heavy atom. The molecule has 0 saturated carbocycles. The highest BCUT2D eigenvalue weighted by molar-refractivity contribution is 6.08. The van der Waals surface area contributed by atoms with Crippen molar-refractivity contribution in [1.29, 1.82) is 0 Å². The molecular weight excluding hydrogens is 613 g/mol. The molecule has 236 valence electrons. The van der Waals surface area contributed by atoms with Crippen LogP contribution in [-0.4, -0.2) is 24.1 Å². The Hall–Kier alpha value is -6.79. The van der Waals surface area contributed by atoms with Gasteiger partial charge >= 0.3 is 0 Å². The summed E-state index contributed by atoms with van der Waals surface area (Å²) in [6.07, 6.45) is 11.9. The smallest absolute Gasteiger partial charge is 0.0886 e. The van der Waals surface area contributed by atoms with E-state index in [1.807, 2.05) is 31.0 Å². The van der Waals surface area contributed by atoms with Crippen molar-refractivity contribution in [2.75, 3.05) is 0 Å². The zero-order valence-electron chi connectivity index (χ0n) is 27.0. The molecule has 4 aromatic carbocycles. The number of nitrogens with zero attached hydrogens (tertiary/aromatic N) is 5. The van der Waals surface area contributed by atoms with Gasteiger partial charge in [0.1, 0.15) is 0 Å². The molecule has 0 aliphatic carbocycles. The maximum absolute atomic E-state index is 4.83. The molecule has 0 fully saturated rings. The summed E-state index contributed by atoms with van der Waals surface area (Å²) < 4.78 is 4.67. The molecule has 10 rings (SSSR count). The van der Waals surface area contributed by atoms with E-state index in [1.54, 1.807) is 0 Å². The van der Waals surface area contributed by atoms with Crippen LogP contribution in [-0.2, 0) is 6.54 Å². The third kappa shape index (κ3) is 4.54. The summed E-state index contributed by atoms with van der Waals surface area (Å²) >= 11 is 0. The number of fused-ring (bicyclic) bond motifs is 6. The van der Waals surface area contributed by atoms with Gasteiger partial charge in [-0.1, -0.05) is 72.8 Å². The monoisotopic (exact) mass is 642 g/mol. The van der Waals surface area contributed by atoms with Gasteiger partial charge < -0.3 is 14.5 Å². The van der Waals surface area contributed by atoms with E-state index in [0.29, 0.717) is 0 Å². The van der Waals surface area contributed by atoms with Crippen LogP contribution in [0.1, 0.15) is 11.3 Å². The first-order valence-electron chi connectivity index (χ1n) is 16.8. The summed E-state index contributed by atoms with van der Waals surface area (Å²) in [7, 11) is 0. The van der Waals surface area contributed by atoms with Crippen molar-refractivity contribution in [3.63, 3.8) is 0 Å². The molecule has 0 radical (unpaired) electrons. The maximum atomic E-state index is 4.83. The number of aromatic nitrogens is 5. The summed E-state index contributed by atoms with van der Waals surface area (Å²) in [5.74, 6) is 0. The van der Waals surface area contributed by atoms with E-state index in [4.69, 9.17) is 9.97 Å². The van der Waals surface area contributed by atoms with Crippen LogP contribution >= 0.6 is 0 Å². The van der Waals surface area contributed by atoms with Gasteiger partial charge in [-0.3, -0.25) is 15.0 Å². The highest BCUT2D eigenvalue weighted by Gasteiger charge is 2.18. The second-order valence-electron chi connectivity index (χ2n) is 12.6. The van der Waals surface area contributed by atoms with Crippen LogP contribution in [0.4, 0.5) is 0 Å². The average molecular weight is 643 g/mol. The Morgan fingerprint density at radius 3 is 1.94 bits per heavy atom. The van der Waals surface area contributed by atoms with Crippen molar-refractivity contribution in [2.24, 2.45) is 0 Å². The predicted molar refractivity (Wildman–Crippen MR) is 203 cm³/mol. The molecule has 6 nitrogen and oxygen atoms in total. The van der Waals surface area contributed by atoms with Gasteiger partial charge in [-0.05, 0) is 78.0 Å². The molecule has 0 atom stereocenters. The van der Waals surface area contributed by atoms with Crippen LogP contribution in [0.25, 0.3) is 83.8 Å². The van der Waals surface area contributed by atoms with Gasteiger partial charge in [-0.2, -0.15) is 0 Å². The normalized spacial score (nSPS) is 12.4. The minimum Gasteiger partial charge on any atom is -0.385 e. The highest BCUT2D eigenvalue weighted by atomic mass is 15.0. The van der Waals surface area contributed by atoms with Crippen LogP contribution in [0.15, 0.2) is 158 Å². The maximum Gasteiger partial charge on any atom is 0.0886 e. The van der Waals surface area contributed by atoms with E-state index in [2.05, 4.69) is 153 Å². The molecule has 5 aromatic heterocycles. The van der Waals surface area contributed by atoms with Crippen molar-refractivity contribution in [1.82, 2.24) is 29.4 Å². The van der Waals surface area contributed by atoms with Crippen molar-refractivity contribution in [2.45, 2.75) is 6.54 Å². The third-order valence-electron chi connectivity index (χ3n) is 9.81. The lowest BCUT2D eigenvalue weighted by Crippen LogP contribution is -2.13. The molecule has 1 aliphatic heterocycles. The van der Waals surface area contributed by atoms with Crippen molar-refractivity contribution in [3.05, 3.63) is 170 Å². The number of hydrogen-bond acceptors (Lipinski definition) is 4. The molecule has 0 saturated heterocycles. The predicted octanol–water partition coefficient (Wildman–Crippen LogP) is 9.99. The zero-order valence-corrected chi connectivity index (χ0v) is 27.0. The lowest BCUT2D eigenvalue weighted by Gasteiger charge is -2.15. The molecule has 0 spiro atoms. The molecule has 1 N–H and O–H groups in total. The second kappa shape index (κ2) is 11.4. The highest BCUT2D eigenvalue weighted by Crippen LogP contribution is 2.35. The van der Waals surface area contributed by atoms with Crippen molar-refractivity contribution in [3.8, 4) is 45.0 Å². The van der Waals surface area contributed by atoms with E-state index in [1.165, 1.54) is 33.1 Å². The lowest BCUT2D eigenvalue weighted by atomic mass is 10.0. The fourth-order valence-electron chi connectivity index (χ4n) is 7.42. The Balaban J connectivity index is 0.914. The first-order valence-corrected chi connectivity index (χ1v) is 16.8. The zero-order chi connectivity index (χ0) is 33.0. The molecule has 50 heavy (non-hydrogen) atoms. The average Bonchev–Trinajstić information content (AvgIpc) is 3.71. The van der Waals surface area contributed by atoms with E-state index in [0.717, 1.165) is 62.5 Å². The summed E-state index contributed by atoms with van der Waals surface area (Å²) in [5, 5.41) is 7.02. The minimum absolute atomic E-state index is 0.791. The van der Waals surface area contributed by atoms with Crippen molar-refractivity contribution < 1.29 is 0 Å². The van der Waals surface area contributed by atoms with Crippen LogP contribution in [0.5, 0.6) is 0 Å². The van der Waals surface area contributed by atoms with Gasteiger partial charge in [0.05, 0.1) is 40.2 Å². The topological polar surface area (TPSA) is 60.6 Å². The first kappa shape index (κ1) is 28.2. The molecule has 0 bridgehead atoms. The lowest BCUT2D eigenvalue weighted by molar-refractivity contribution is 0.803. The van der Waals surface area contributed by atoms with Crippen molar-refractivity contribution >= 4 is 38.8 Å².